The second kappa shape index (κ2) is 54.6. The highest BCUT2D eigenvalue weighted by molar-refractivity contribution is 14.1. The van der Waals surface area contributed by atoms with E-state index in [1.807, 2.05) is 97.3 Å². The number of rotatable bonds is 16. The van der Waals surface area contributed by atoms with Crippen LogP contribution in [0.3, 0.4) is 0 Å². The summed E-state index contributed by atoms with van der Waals surface area (Å²) < 4.78 is 26.7. The number of amides is 3. The quantitative estimate of drug-likeness (QED) is 0.0150. The molecule has 7 N–H and O–H groups in total. The van der Waals surface area contributed by atoms with Gasteiger partial charge < -0.3 is 60.6 Å². The second-order valence-electron chi connectivity index (χ2n) is 32.2. The van der Waals surface area contributed by atoms with Gasteiger partial charge in [-0.25, -0.2) is 9.78 Å². The number of aromatic nitrogens is 2. The lowest BCUT2D eigenvalue weighted by atomic mass is 9.88. The summed E-state index contributed by atoms with van der Waals surface area (Å²) in [6.45, 7) is 14.4. The minimum absolute atomic E-state index is 0. The van der Waals surface area contributed by atoms with E-state index >= 15 is 0 Å². The monoisotopic (exact) mass is 1850 g/mol. The van der Waals surface area contributed by atoms with E-state index < -0.39 is 15.8 Å². The lowest BCUT2D eigenvalue weighted by Crippen LogP contribution is -2.44. The van der Waals surface area contributed by atoms with Crippen LogP contribution in [0.15, 0.2) is 138 Å². The fraction of sp³-hybridized carbons (Fsp3) is 0.543. The molecule has 0 unspecified atom stereocenters. The summed E-state index contributed by atoms with van der Waals surface area (Å²) in [6, 6.07) is 38.3. The highest BCUT2D eigenvalue weighted by atomic mass is 127. The highest BCUT2D eigenvalue weighted by Gasteiger charge is 2.34. The maximum Gasteiger partial charge on any atom is 0.337 e. The van der Waals surface area contributed by atoms with Crippen LogP contribution in [0.1, 0.15) is 221 Å². The molecule has 3 amide bonds. The fourth-order valence-corrected chi connectivity index (χ4v) is 16.7. The van der Waals surface area contributed by atoms with E-state index in [-0.39, 0.29) is 95.7 Å². The Kier molecular flexibility index (Phi) is 45.5. The number of nitrogen functional groups attached to an aromatic ring is 2. The maximum absolute atomic E-state index is 13.2. The molecule has 8 aliphatic rings. The molecule has 26 nitrogen and oxygen atoms in total. The topological polar surface area (TPSA) is 358 Å². The van der Waals surface area contributed by atoms with Crippen LogP contribution in [0.2, 0.25) is 0 Å². The van der Waals surface area contributed by atoms with Crippen LogP contribution in [0.5, 0.6) is 23.0 Å². The van der Waals surface area contributed by atoms with Crippen molar-refractivity contribution >= 4 is 109 Å². The molecule has 8 fully saturated rings. The number of hydrogen-bond donors (Lipinski definition) is 5. The van der Waals surface area contributed by atoms with E-state index in [0.717, 1.165) is 202 Å². The van der Waals surface area contributed by atoms with Crippen molar-refractivity contribution in [3.05, 3.63) is 187 Å². The van der Waals surface area contributed by atoms with Gasteiger partial charge >= 0.3 is 5.97 Å². The molecule has 5 heterocycles. The highest BCUT2D eigenvalue weighted by Crippen LogP contribution is 2.33. The van der Waals surface area contributed by atoms with E-state index in [2.05, 4.69) is 44.7 Å². The number of carbonyl (C=O) groups is 5. The minimum atomic E-state index is -0.980. The number of aliphatic hydroxyl groups is 1. The minimum Gasteiger partial charge on any atom is -0.490 e. The number of benzene rings is 6. The number of carboxylic acids is 1. The van der Waals surface area contributed by atoms with Crippen molar-refractivity contribution in [2.75, 3.05) is 75.4 Å². The number of fused-ring (bicyclic) bond motifs is 1. The Bertz CT molecular complexity index is 4420. The third-order valence-corrected chi connectivity index (χ3v) is 23.6. The molecule has 4 saturated carbocycles. The van der Waals surface area contributed by atoms with Crippen LogP contribution in [0.25, 0.3) is 16.6 Å². The number of anilines is 2. The molecule has 0 radical (unpaired) electrons. The molecule has 6 aromatic carbocycles. The molecule has 15 rings (SSSR count). The number of piperidine rings is 4. The zero-order valence-corrected chi connectivity index (χ0v) is 75.3. The predicted molar refractivity (Wildman–Crippen MR) is 497 cm³/mol. The average Bonchev–Trinajstić information content (AvgIpc) is 0.772. The number of nitrogens with two attached hydrogens (primary N) is 2. The molecule has 123 heavy (non-hydrogen) atoms. The summed E-state index contributed by atoms with van der Waals surface area (Å²) >= 11 is 7.61. The van der Waals surface area contributed by atoms with Gasteiger partial charge in [0.05, 0.1) is 32.0 Å². The van der Waals surface area contributed by atoms with Crippen LogP contribution in [0, 0.1) is 64.7 Å². The first-order valence-corrected chi connectivity index (χ1v) is 45.3. The Hall–Kier alpha value is -9.16. The lowest BCUT2D eigenvalue weighted by molar-refractivity contribution is -0.385. The Morgan fingerprint density at radius 2 is 0.805 bits per heavy atom. The summed E-state index contributed by atoms with van der Waals surface area (Å²) in [7, 11) is 1.00. The number of halogens is 3. The maximum atomic E-state index is 13.2. The number of aromatic carboxylic acids is 1. The van der Waals surface area contributed by atoms with Gasteiger partial charge in [-0.15, -0.1) is 12.4 Å². The number of ether oxygens (including phenoxy) is 4. The Balaban J connectivity index is 0.000000236. The molecule has 1 aromatic heterocycles. The molecule has 4 aliphatic heterocycles. The molecule has 674 valence electrons. The van der Waals surface area contributed by atoms with Crippen molar-refractivity contribution in [2.45, 2.75) is 239 Å². The summed E-state index contributed by atoms with van der Waals surface area (Å²) in [5.74, 6) is 4.67. The number of carbonyl (C=O) groups excluding carboxylic acids is 4. The van der Waals surface area contributed by atoms with Crippen molar-refractivity contribution < 1.29 is 63.0 Å². The first kappa shape index (κ1) is 103. The van der Waals surface area contributed by atoms with Gasteiger partial charge in [0.25, 0.3) is 16.9 Å². The third-order valence-electron chi connectivity index (χ3n) is 23.2. The Labute approximate surface area is 750 Å². The van der Waals surface area contributed by atoms with Crippen molar-refractivity contribution in [1.82, 2.24) is 29.6 Å². The molecular weight excluding hydrogens is 1720 g/mol. The zero-order chi connectivity index (χ0) is 87.2. The van der Waals surface area contributed by atoms with Gasteiger partial charge in [0.15, 0.2) is 0 Å². The Morgan fingerprint density at radius 3 is 1.13 bits per heavy atom. The second-order valence-corrected chi connectivity index (χ2v) is 34.1. The average molecular weight is 1850 g/mol. The van der Waals surface area contributed by atoms with Crippen molar-refractivity contribution in [2.24, 2.45) is 23.7 Å². The van der Waals surface area contributed by atoms with Gasteiger partial charge in [0, 0.05) is 144 Å². The summed E-state index contributed by atoms with van der Waals surface area (Å²) in [5.41, 5.74) is 15.9. The number of likely N-dealkylation sites (tertiary alicyclic amines) is 3. The van der Waals surface area contributed by atoms with Gasteiger partial charge in [-0.2, -0.15) is 0 Å². The van der Waals surface area contributed by atoms with E-state index in [0.29, 0.717) is 46.1 Å². The van der Waals surface area contributed by atoms with Gasteiger partial charge in [-0.3, -0.25) is 48.8 Å². The number of hydrogen-bond acceptors (Lipinski definition) is 19. The van der Waals surface area contributed by atoms with E-state index in [1.165, 1.54) is 106 Å². The molecule has 7 aromatic rings. The molecule has 0 atom stereocenters. The van der Waals surface area contributed by atoms with Crippen LogP contribution in [-0.2, 0) is 19.2 Å². The normalized spacial score (nSPS) is 17.4. The van der Waals surface area contributed by atoms with Crippen LogP contribution >= 0.6 is 46.6 Å². The summed E-state index contributed by atoms with van der Waals surface area (Å²) in [5, 5.41) is 40.5. The third kappa shape index (κ3) is 33.7. The van der Waals surface area contributed by atoms with Crippen molar-refractivity contribution in [3.63, 3.8) is 0 Å². The largest absolute Gasteiger partial charge is 0.490 e. The number of nitrogens with zero attached hydrogens (tertiary/aromatic N) is 7. The number of non-ortho nitro benzene ring substituents is 2. The molecule has 29 heteroatoms. The van der Waals surface area contributed by atoms with Gasteiger partial charge in [-0.1, -0.05) is 137 Å². The van der Waals surface area contributed by atoms with Crippen LogP contribution in [-0.4, -0.2) is 162 Å². The fourth-order valence-electron chi connectivity index (χ4n) is 16.5. The van der Waals surface area contributed by atoms with Crippen LogP contribution < -0.4 is 41.3 Å². The lowest BCUT2D eigenvalue weighted by Gasteiger charge is -2.35. The number of aliphatic hydroxyl groups excluding tert-OH is 1. The molecule has 0 spiro atoms. The van der Waals surface area contributed by atoms with Crippen molar-refractivity contribution in [3.8, 4) is 28.7 Å². The Morgan fingerprint density at radius 1 is 0.488 bits per heavy atom. The molecule has 4 aliphatic carbocycles. The number of carboxylic acid groups (broad SMARTS) is 1. The number of alkyl halides is 1. The smallest absolute Gasteiger partial charge is 0.337 e. The summed E-state index contributed by atoms with van der Waals surface area (Å²) in [6.07, 6.45) is 30.8. The summed E-state index contributed by atoms with van der Waals surface area (Å²) in [4.78, 5) is 103. The molecule has 4 saturated heterocycles. The first-order valence-electron chi connectivity index (χ1n) is 43.4. The standard InChI is InChI=1S/C28H33N3O3.C18H24N2O4.C18H26N2O2.C11H14N2O3.C8H9NO2.C7H11ClO.C2H5I.CH4O.CH4.ClH/c1-19-8-13-26-25(18-19)28(33)31(20(2)29-26)22-9-11-23(12-10-22)34-24-14-16-30(17-15-24)27(32)21-6-4-3-5-7-21;21-18(14-4-2-1-3-5-14)19-12-10-17(11-13-19)24-16-8-6-15(7-9-16)20(22)23;19-15-6-8-16(9-7-15)22-17-10-12-20(13-11-17)18(21)14-4-2-1-3-5-14;14-13(15)9-1-3-10(4-2-9)16-11-5-7-12-8-6-11;1-5-2-3-7(9)6(4-5)8(10)11;8-7(9)6-4-2-1-3-5-6;1-2-3;1-2;;/h8-13,18,21,24H,3-7,14-17H2,1-2H3;6-9,14,17H,1-5,10-13H2;6-9,14,17H,1-5,10-13,19H2;1-4,11-12H,5-8H2;2-4H,9H2,1H3,(H,10,11);6H,1-5H2;2H2,1H3;2H,1H3;1H4;1H. The number of nitrogens with one attached hydrogen (secondary N) is 1. The van der Waals surface area contributed by atoms with Crippen molar-refractivity contribution in [1.29, 1.82) is 0 Å². The number of nitro groups is 2. The molecule has 0 bridgehead atoms. The zero-order valence-electron chi connectivity index (χ0n) is 71.5. The first-order chi connectivity index (χ1) is 58.4. The molecular formula is C94H131Cl2IN10O16. The van der Waals surface area contributed by atoms with E-state index in [9.17, 15) is 49.0 Å². The van der Waals surface area contributed by atoms with Gasteiger partial charge in [0.2, 0.25) is 23.0 Å². The van der Waals surface area contributed by atoms with E-state index in [4.69, 9.17) is 52.2 Å². The van der Waals surface area contributed by atoms with Gasteiger partial charge in [-0.05, 0) is 211 Å². The SMILES string of the molecule is C.CCI.CO.Cc1ccc(N)c(C(=O)O)c1.Cc1ccc2nc(C)n(-c3ccc(OC4CCN(C(=O)C5CCCCC5)CC4)cc3)c(=O)c2c1.Cl.Nc1ccc(OC2CCN(C(=O)C3CCCCC3)CC2)cc1.O=C(C1CCCCC1)N1CCC(Oc2ccc([N+](=O)[O-])cc2)CC1.O=C(Cl)C1CCCCC1.O=[N+]([O-])c1ccc(OC2CCNCC2)cc1. The van der Waals surface area contributed by atoms with Gasteiger partial charge in [0.1, 0.15) is 53.2 Å². The van der Waals surface area contributed by atoms with Crippen LogP contribution in [0.4, 0.5) is 22.7 Å². The number of nitro benzene ring substituents is 2. The van der Waals surface area contributed by atoms with E-state index in [1.54, 1.807) is 47.0 Å². The number of aryl methyl sites for hydroxylation is 3. The predicted octanol–water partition coefficient (Wildman–Crippen LogP) is 19.2.